The molecule has 0 spiro atoms. The maximum atomic E-state index is 8.74. The molecule has 17 heteroatoms. The SMILES string of the molecule is O=S(=O)(O)O.OB1OB2OB(O)OB(O1)O2.[H-].[Na+]. The molecule has 2 saturated heterocycles. The van der Waals surface area contributed by atoms with Crippen LogP contribution in [-0.2, 0) is 33.3 Å². The molecule has 0 radical (unpaired) electrons. The van der Waals surface area contributed by atoms with Gasteiger partial charge in [0.25, 0.3) is 0 Å². The van der Waals surface area contributed by atoms with Crippen LogP contribution in [0.3, 0.4) is 0 Å². The van der Waals surface area contributed by atoms with Crippen LogP contribution in [0.2, 0.25) is 0 Å². The zero-order valence-corrected chi connectivity index (χ0v) is 11.2. The Morgan fingerprint density at radius 1 is 0.824 bits per heavy atom. The van der Waals surface area contributed by atoms with E-state index in [1.165, 1.54) is 0 Å². The molecule has 2 rings (SSSR count). The van der Waals surface area contributed by atoms with E-state index >= 15 is 0 Å². The van der Waals surface area contributed by atoms with Crippen molar-refractivity contribution >= 4 is 39.7 Å². The van der Waals surface area contributed by atoms with E-state index in [1.807, 2.05) is 0 Å². The Bertz CT molecular complexity index is 281. The molecule has 2 aliphatic rings. The van der Waals surface area contributed by atoms with E-state index < -0.39 is 39.7 Å². The average molecular weight is 279 g/mol. The molecule has 0 aromatic carbocycles. The van der Waals surface area contributed by atoms with Crippen molar-refractivity contribution in [2.75, 3.05) is 0 Å². The summed E-state index contributed by atoms with van der Waals surface area (Å²) in [6, 6.07) is 0. The first-order valence-electron chi connectivity index (χ1n) is 3.57. The molecule has 0 aromatic heterocycles. The summed E-state index contributed by atoms with van der Waals surface area (Å²) < 4.78 is 54.1. The van der Waals surface area contributed by atoms with E-state index in [4.69, 9.17) is 27.6 Å². The maximum absolute atomic E-state index is 8.74. The van der Waals surface area contributed by atoms with Crippen LogP contribution < -0.4 is 29.6 Å². The monoisotopic (exact) mass is 280 g/mol. The summed E-state index contributed by atoms with van der Waals surface area (Å²) in [5.41, 5.74) is 0. The topological polar surface area (TPSA) is 161 Å². The Kier molecular flexibility index (Phi) is 7.81. The minimum atomic E-state index is -4.67. The number of hydrogen-bond donors (Lipinski definition) is 4. The van der Waals surface area contributed by atoms with E-state index in [1.54, 1.807) is 0 Å². The molecule has 2 aliphatic heterocycles. The molecule has 0 atom stereocenters. The van der Waals surface area contributed by atoms with Gasteiger partial charge in [-0.3, -0.25) is 9.11 Å². The predicted molar refractivity (Wildman–Crippen MR) is 48.2 cm³/mol. The second kappa shape index (κ2) is 7.44. The van der Waals surface area contributed by atoms with Crippen molar-refractivity contribution in [2.45, 2.75) is 0 Å². The standard InChI is InChI=1S/B4H2O7.Na.H2O4S.H/c5-1-7-3-9-2(6)10-4(8-1)11-3;;1-5(2,3)4;/h5-6H;;(H2,1,2,3,4);/q;+1;;-1. The van der Waals surface area contributed by atoms with E-state index in [2.05, 4.69) is 22.9 Å². The minimum absolute atomic E-state index is 0. The molecule has 2 bridgehead atoms. The summed E-state index contributed by atoms with van der Waals surface area (Å²) in [6.45, 7) is 0. The van der Waals surface area contributed by atoms with Crippen molar-refractivity contribution in [3.05, 3.63) is 0 Å². The molecule has 17 heavy (non-hydrogen) atoms. The molecule has 2 heterocycles. The van der Waals surface area contributed by atoms with Gasteiger partial charge < -0.3 is 34.3 Å². The smallest absolute Gasteiger partial charge is 1.00 e. The Morgan fingerprint density at radius 3 is 1.29 bits per heavy atom. The van der Waals surface area contributed by atoms with Crippen LogP contribution in [-0.4, -0.2) is 56.9 Å². The first-order chi connectivity index (χ1) is 7.24. The maximum Gasteiger partial charge on any atom is 1.00 e. The quantitative estimate of drug-likeness (QED) is 0.246. The predicted octanol–water partition coefficient (Wildman–Crippen LogP) is -6.52. The van der Waals surface area contributed by atoms with Gasteiger partial charge in [0, 0.05) is 0 Å². The van der Waals surface area contributed by atoms with Gasteiger partial charge in [-0.25, -0.2) is 0 Å². The van der Waals surface area contributed by atoms with Gasteiger partial charge in [-0.1, -0.05) is 0 Å². The largest absolute Gasteiger partial charge is 1.00 e. The van der Waals surface area contributed by atoms with Crippen LogP contribution >= 0.6 is 0 Å². The van der Waals surface area contributed by atoms with Crippen LogP contribution in [0.15, 0.2) is 0 Å². The molecule has 0 saturated carbocycles. The molecule has 2 fully saturated rings. The van der Waals surface area contributed by atoms with Crippen molar-refractivity contribution < 1.29 is 81.4 Å². The zero-order chi connectivity index (χ0) is 12.3. The summed E-state index contributed by atoms with van der Waals surface area (Å²) >= 11 is 0. The summed E-state index contributed by atoms with van der Waals surface area (Å²) in [7, 11) is -9.86. The van der Waals surface area contributed by atoms with Crippen molar-refractivity contribution in [3.63, 3.8) is 0 Å². The molecular formula is H5B4NaO11S. The number of hydrogen-bond acceptors (Lipinski definition) is 9. The van der Waals surface area contributed by atoms with E-state index in [0.717, 1.165) is 0 Å². The van der Waals surface area contributed by atoms with Crippen molar-refractivity contribution in [1.82, 2.24) is 0 Å². The average Bonchev–Trinajstić information content (AvgIpc) is 1.95. The summed E-state index contributed by atoms with van der Waals surface area (Å²) in [5, 5.41) is 17.5. The Labute approximate surface area is 121 Å². The van der Waals surface area contributed by atoms with E-state index in [-0.39, 0.29) is 31.0 Å². The van der Waals surface area contributed by atoms with Crippen molar-refractivity contribution in [1.29, 1.82) is 0 Å². The van der Waals surface area contributed by atoms with Crippen LogP contribution in [0.5, 0.6) is 0 Å². The second-order valence-corrected chi connectivity index (χ2v) is 3.22. The summed E-state index contributed by atoms with van der Waals surface area (Å²) in [6.07, 6.45) is 0. The van der Waals surface area contributed by atoms with Gasteiger partial charge in [-0.2, -0.15) is 8.42 Å². The van der Waals surface area contributed by atoms with Gasteiger partial charge in [0.15, 0.2) is 0 Å². The van der Waals surface area contributed by atoms with Crippen LogP contribution in [0.1, 0.15) is 1.43 Å². The van der Waals surface area contributed by atoms with E-state index in [9.17, 15) is 0 Å². The third-order valence-electron chi connectivity index (χ3n) is 1.13. The van der Waals surface area contributed by atoms with Gasteiger partial charge in [0.2, 0.25) is 0 Å². The zero-order valence-electron chi connectivity index (χ0n) is 9.36. The molecule has 0 aliphatic carbocycles. The fourth-order valence-electron chi connectivity index (χ4n) is 0.728. The van der Waals surface area contributed by atoms with Gasteiger partial charge in [0.1, 0.15) is 0 Å². The molecule has 0 unspecified atom stereocenters. The summed E-state index contributed by atoms with van der Waals surface area (Å²) in [4.78, 5) is 0. The fourth-order valence-corrected chi connectivity index (χ4v) is 0.728. The van der Waals surface area contributed by atoms with Crippen molar-refractivity contribution in [3.8, 4) is 0 Å². The molecule has 0 amide bonds. The van der Waals surface area contributed by atoms with Crippen LogP contribution in [0, 0.1) is 0 Å². The van der Waals surface area contributed by atoms with Gasteiger partial charge >= 0.3 is 69.2 Å². The fraction of sp³-hybridized carbons (Fsp3) is 0. The third-order valence-corrected chi connectivity index (χ3v) is 1.13. The van der Waals surface area contributed by atoms with Gasteiger partial charge in [-0.15, -0.1) is 0 Å². The molecule has 0 aromatic rings. The van der Waals surface area contributed by atoms with E-state index in [0.29, 0.717) is 0 Å². The molecular weight excluding hydrogens is 274 g/mol. The van der Waals surface area contributed by atoms with Gasteiger partial charge in [-0.05, 0) is 0 Å². The molecule has 90 valence electrons. The third kappa shape index (κ3) is 8.55. The Hall–Kier alpha value is 0.850. The molecule has 4 N–H and O–H groups in total. The van der Waals surface area contributed by atoms with Gasteiger partial charge in [0.05, 0.1) is 0 Å². The Balaban J connectivity index is 0. The summed E-state index contributed by atoms with van der Waals surface area (Å²) in [5.74, 6) is 0. The first kappa shape index (κ1) is 17.8. The Morgan fingerprint density at radius 2 is 1.06 bits per heavy atom. The van der Waals surface area contributed by atoms with Crippen LogP contribution in [0.25, 0.3) is 0 Å². The second-order valence-electron chi connectivity index (χ2n) is 2.32. The normalized spacial score (nSPS) is 19.3. The minimum Gasteiger partial charge on any atom is -1.00 e. The first-order valence-corrected chi connectivity index (χ1v) is 4.97. The van der Waals surface area contributed by atoms with Crippen LogP contribution in [0.4, 0.5) is 0 Å². The molecule has 11 nitrogen and oxygen atoms in total. The number of rotatable bonds is 0. The van der Waals surface area contributed by atoms with Crippen molar-refractivity contribution in [2.24, 2.45) is 0 Å². The number of fused-ring (bicyclic) bond motifs is 2.